The van der Waals surface area contributed by atoms with Gasteiger partial charge < -0.3 is 5.32 Å². The molecule has 3 aromatic heterocycles. The third kappa shape index (κ3) is 3.99. The SMILES string of the molecule is Cc1c(=O)n(Cc2cccc(Br)c2)c(=O)n2cc(C(=O)NCc3cccnc3)sc12. The molecule has 4 aromatic rings. The predicted octanol–water partition coefficient (Wildman–Crippen LogP) is 2.97. The number of aromatic nitrogens is 3. The van der Waals surface area contributed by atoms with Gasteiger partial charge in [0.1, 0.15) is 9.71 Å². The van der Waals surface area contributed by atoms with Crippen molar-refractivity contribution < 1.29 is 4.79 Å². The van der Waals surface area contributed by atoms with Crippen molar-refractivity contribution in [3.05, 3.63) is 102 Å². The Labute approximate surface area is 183 Å². The lowest BCUT2D eigenvalue weighted by Crippen LogP contribution is -2.38. The Morgan fingerprint density at radius 2 is 2.00 bits per heavy atom. The van der Waals surface area contributed by atoms with Crippen LogP contribution in [0.25, 0.3) is 4.83 Å². The molecule has 4 rings (SSSR count). The number of hydrogen-bond donors (Lipinski definition) is 1. The number of rotatable bonds is 5. The van der Waals surface area contributed by atoms with Crippen LogP contribution in [0.5, 0.6) is 0 Å². The summed E-state index contributed by atoms with van der Waals surface area (Å²) in [7, 11) is 0. The maximum atomic E-state index is 13.0. The maximum Gasteiger partial charge on any atom is 0.336 e. The summed E-state index contributed by atoms with van der Waals surface area (Å²) in [5.41, 5.74) is 1.30. The lowest BCUT2D eigenvalue weighted by Gasteiger charge is -2.08. The first kappa shape index (κ1) is 20.2. The summed E-state index contributed by atoms with van der Waals surface area (Å²) in [5, 5.41) is 2.82. The summed E-state index contributed by atoms with van der Waals surface area (Å²) >= 11 is 4.53. The van der Waals surface area contributed by atoms with Gasteiger partial charge in [0.2, 0.25) is 0 Å². The van der Waals surface area contributed by atoms with Crippen molar-refractivity contribution in [1.29, 1.82) is 0 Å². The molecule has 0 aliphatic heterocycles. The van der Waals surface area contributed by atoms with E-state index in [0.29, 0.717) is 21.8 Å². The van der Waals surface area contributed by atoms with Gasteiger partial charge in [-0.1, -0.05) is 34.1 Å². The summed E-state index contributed by atoms with van der Waals surface area (Å²) in [6.45, 7) is 2.14. The molecule has 0 saturated carbocycles. The number of fused-ring (bicyclic) bond motifs is 1. The number of carbonyl (C=O) groups excluding carboxylic acids is 1. The number of halogens is 1. The first-order chi connectivity index (χ1) is 14.4. The largest absolute Gasteiger partial charge is 0.347 e. The average molecular weight is 485 g/mol. The highest BCUT2D eigenvalue weighted by Gasteiger charge is 2.17. The van der Waals surface area contributed by atoms with E-state index in [-0.39, 0.29) is 18.0 Å². The van der Waals surface area contributed by atoms with Crippen molar-refractivity contribution in [2.24, 2.45) is 0 Å². The molecule has 30 heavy (non-hydrogen) atoms. The van der Waals surface area contributed by atoms with Crippen LogP contribution in [0, 0.1) is 6.92 Å². The van der Waals surface area contributed by atoms with Crippen LogP contribution in [0.1, 0.15) is 26.4 Å². The van der Waals surface area contributed by atoms with Crippen LogP contribution in [-0.4, -0.2) is 19.9 Å². The Morgan fingerprint density at radius 1 is 1.20 bits per heavy atom. The fourth-order valence-electron chi connectivity index (χ4n) is 3.10. The Morgan fingerprint density at radius 3 is 2.73 bits per heavy atom. The minimum Gasteiger partial charge on any atom is -0.347 e. The van der Waals surface area contributed by atoms with Crippen LogP contribution in [0.15, 0.2) is 69.1 Å². The van der Waals surface area contributed by atoms with Gasteiger partial charge in [0, 0.05) is 35.2 Å². The fraction of sp³-hybridized carbons (Fsp3) is 0.143. The zero-order chi connectivity index (χ0) is 21.3. The number of pyridine rings is 1. The topological polar surface area (TPSA) is 85.5 Å². The molecular weight excluding hydrogens is 468 g/mol. The minimum atomic E-state index is -0.469. The van der Waals surface area contributed by atoms with E-state index in [9.17, 15) is 14.4 Å². The third-order valence-corrected chi connectivity index (χ3v) is 6.33. The fourth-order valence-corrected chi connectivity index (χ4v) is 4.55. The van der Waals surface area contributed by atoms with Gasteiger partial charge >= 0.3 is 5.69 Å². The number of nitrogens with zero attached hydrogens (tertiary/aromatic N) is 3. The second-order valence-electron chi connectivity index (χ2n) is 6.74. The smallest absolute Gasteiger partial charge is 0.336 e. The lowest BCUT2D eigenvalue weighted by atomic mass is 10.2. The van der Waals surface area contributed by atoms with E-state index >= 15 is 0 Å². The number of carbonyl (C=O) groups is 1. The van der Waals surface area contributed by atoms with E-state index in [0.717, 1.165) is 26.9 Å². The minimum absolute atomic E-state index is 0.152. The molecule has 9 heteroatoms. The molecule has 3 heterocycles. The van der Waals surface area contributed by atoms with Gasteiger partial charge in [-0.25, -0.2) is 4.79 Å². The zero-order valence-electron chi connectivity index (χ0n) is 16.0. The van der Waals surface area contributed by atoms with Crippen LogP contribution in [-0.2, 0) is 13.1 Å². The molecule has 0 radical (unpaired) electrons. The molecule has 0 spiro atoms. The maximum absolute atomic E-state index is 13.0. The van der Waals surface area contributed by atoms with Gasteiger partial charge in [0.25, 0.3) is 11.5 Å². The van der Waals surface area contributed by atoms with E-state index in [2.05, 4.69) is 26.2 Å². The van der Waals surface area contributed by atoms with Crippen LogP contribution in [0.3, 0.4) is 0 Å². The van der Waals surface area contributed by atoms with E-state index in [1.807, 2.05) is 30.3 Å². The molecule has 152 valence electrons. The normalized spacial score (nSPS) is 11.0. The molecule has 1 amide bonds. The number of amides is 1. The predicted molar refractivity (Wildman–Crippen MR) is 119 cm³/mol. The Kier molecular flexibility index (Phi) is 5.65. The third-order valence-electron chi connectivity index (χ3n) is 4.62. The number of nitrogens with one attached hydrogen (secondary N) is 1. The van der Waals surface area contributed by atoms with E-state index in [1.165, 1.54) is 15.2 Å². The second-order valence-corrected chi connectivity index (χ2v) is 8.69. The summed E-state index contributed by atoms with van der Waals surface area (Å²) in [5.74, 6) is -0.308. The van der Waals surface area contributed by atoms with Gasteiger partial charge in [0.05, 0.1) is 6.54 Å². The van der Waals surface area contributed by atoms with Crippen molar-refractivity contribution in [2.45, 2.75) is 20.0 Å². The quantitative estimate of drug-likeness (QED) is 0.471. The van der Waals surface area contributed by atoms with Gasteiger partial charge in [0.15, 0.2) is 0 Å². The van der Waals surface area contributed by atoms with E-state index < -0.39 is 5.69 Å². The van der Waals surface area contributed by atoms with Crippen molar-refractivity contribution in [3.63, 3.8) is 0 Å². The van der Waals surface area contributed by atoms with Crippen LogP contribution < -0.4 is 16.6 Å². The Hall–Kier alpha value is -3.04. The molecule has 0 aliphatic carbocycles. The molecule has 0 saturated heterocycles. The van der Waals surface area contributed by atoms with Gasteiger partial charge in [-0.05, 0) is 36.2 Å². The molecule has 0 unspecified atom stereocenters. The number of thiazole rings is 1. The van der Waals surface area contributed by atoms with Gasteiger partial charge in [-0.15, -0.1) is 11.3 Å². The highest BCUT2D eigenvalue weighted by atomic mass is 79.9. The summed E-state index contributed by atoms with van der Waals surface area (Å²) < 4.78 is 3.43. The van der Waals surface area contributed by atoms with Crippen molar-refractivity contribution in [2.75, 3.05) is 0 Å². The van der Waals surface area contributed by atoms with Crippen molar-refractivity contribution >= 4 is 38.0 Å². The number of hydrogen-bond acceptors (Lipinski definition) is 5. The lowest BCUT2D eigenvalue weighted by molar-refractivity contribution is 0.0954. The molecule has 0 aliphatic rings. The monoisotopic (exact) mass is 484 g/mol. The molecule has 1 aromatic carbocycles. The van der Waals surface area contributed by atoms with Gasteiger partial charge in [-0.3, -0.25) is 23.5 Å². The molecule has 7 nitrogen and oxygen atoms in total. The molecule has 0 bridgehead atoms. The Balaban J connectivity index is 1.68. The van der Waals surface area contributed by atoms with E-state index in [1.54, 1.807) is 25.4 Å². The van der Waals surface area contributed by atoms with Crippen LogP contribution >= 0.6 is 27.3 Å². The highest BCUT2D eigenvalue weighted by Crippen LogP contribution is 2.19. The van der Waals surface area contributed by atoms with Crippen LogP contribution in [0.2, 0.25) is 0 Å². The number of benzene rings is 1. The second kappa shape index (κ2) is 8.37. The van der Waals surface area contributed by atoms with Gasteiger partial charge in [-0.2, -0.15) is 0 Å². The standard InChI is InChI=1S/C21H17BrN4O3S/c1-13-19(28)25(11-14-4-2-6-16(22)8-14)21(29)26-12-17(30-20(13)26)18(27)24-10-15-5-3-7-23-9-15/h2-9,12H,10-11H2,1H3,(H,24,27). The summed E-state index contributed by atoms with van der Waals surface area (Å²) in [6.07, 6.45) is 4.83. The zero-order valence-corrected chi connectivity index (χ0v) is 18.4. The Bertz CT molecular complexity index is 1360. The van der Waals surface area contributed by atoms with Crippen molar-refractivity contribution in [1.82, 2.24) is 19.3 Å². The first-order valence-electron chi connectivity index (χ1n) is 9.11. The average Bonchev–Trinajstić information content (AvgIpc) is 3.20. The first-order valence-corrected chi connectivity index (χ1v) is 10.7. The highest BCUT2D eigenvalue weighted by molar-refractivity contribution is 9.10. The molecular formula is C21H17BrN4O3S. The summed E-state index contributed by atoms with van der Waals surface area (Å²) in [4.78, 5) is 43.2. The van der Waals surface area contributed by atoms with Crippen LogP contribution in [0.4, 0.5) is 0 Å². The van der Waals surface area contributed by atoms with Crippen molar-refractivity contribution in [3.8, 4) is 0 Å². The number of aryl methyl sites for hydroxylation is 1. The molecule has 0 atom stereocenters. The van der Waals surface area contributed by atoms with E-state index in [4.69, 9.17) is 0 Å². The molecule has 1 N–H and O–H groups in total. The summed E-state index contributed by atoms with van der Waals surface area (Å²) in [6, 6.07) is 11.1. The molecule has 0 fully saturated rings.